The highest BCUT2D eigenvalue weighted by atomic mass is 127. The van der Waals surface area contributed by atoms with Gasteiger partial charge in [-0.3, -0.25) is 9.79 Å². The molecule has 1 fully saturated rings. The Bertz CT molecular complexity index is 724. The first-order valence-corrected chi connectivity index (χ1v) is 11.8. The maximum atomic E-state index is 11.2. The molecule has 1 aliphatic heterocycles. The Hall–Kier alpha value is -1.75. The number of unbranched alkanes of at least 4 members (excludes halogenated alkanes) is 1. The molecule has 1 saturated heterocycles. The third-order valence-corrected chi connectivity index (χ3v) is 5.87. The van der Waals surface area contributed by atoms with Crippen molar-refractivity contribution >= 4 is 35.8 Å². The van der Waals surface area contributed by atoms with E-state index in [1.807, 2.05) is 13.0 Å². The summed E-state index contributed by atoms with van der Waals surface area (Å²) in [4.78, 5) is 18.0. The number of primary amides is 1. The van der Waals surface area contributed by atoms with E-state index in [9.17, 15) is 4.79 Å². The van der Waals surface area contributed by atoms with Crippen LogP contribution in [0.1, 0.15) is 44.6 Å². The molecule has 0 atom stereocenters. The summed E-state index contributed by atoms with van der Waals surface area (Å²) in [5.41, 5.74) is 6.64. The zero-order valence-electron chi connectivity index (χ0n) is 20.4. The molecule has 1 aliphatic rings. The maximum absolute atomic E-state index is 11.2. The summed E-state index contributed by atoms with van der Waals surface area (Å²) in [6.45, 7) is 7.37. The zero-order valence-corrected chi connectivity index (χ0v) is 22.7. The Labute approximate surface area is 216 Å². The normalized spacial score (nSPS) is 14.9. The number of methoxy groups -OCH3 is 1. The Morgan fingerprint density at radius 3 is 2.45 bits per heavy atom. The van der Waals surface area contributed by atoms with Crippen LogP contribution >= 0.6 is 24.0 Å². The lowest BCUT2D eigenvalue weighted by Gasteiger charge is -2.30. The molecule has 188 valence electrons. The maximum Gasteiger partial charge on any atom is 0.220 e. The molecule has 1 amide bonds. The van der Waals surface area contributed by atoms with Gasteiger partial charge in [0.05, 0.1) is 13.7 Å². The average Bonchev–Trinajstić information content (AvgIpc) is 2.81. The number of carbonyl (C=O) groups is 1. The van der Waals surface area contributed by atoms with Crippen molar-refractivity contribution in [3.8, 4) is 11.5 Å². The summed E-state index contributed by atoms with van der Waals surface area (Å²) in [5, 5.41) is 6.78. The smallest absolute Gasteiger partial charge is 0.220 e. The predicted molar refractivity (Wildman–Crippen MR) is 145 cm³/mol. The van der Waals surface area contributed by atoms with E-state index in [4.69, 9.17) is 15.2 Å². The van der Waals surface area contributed by atoms with Crippen LogP contribution in [0.25, 0.3) is 0 Å². The number of aryl methyl sites for hydroxylation is 1. The van der Waals surface area contributed by atoms with Crippen molar-refractivity contribution in [2.24, 2.45) is 16.6 Å². The monoisotopic (exact) mass is 575 g/mol. The van der Waals surface area contributed by atoms with Gasteiger partial charge in [0.1, 0.15) is 0 Å². The molecule has 0 spiro atoms. The van der Waals surface area contributed by atoms with Gasteiger partial charge >= 0.3 is 0 Å². The van der Waals surface area contributed by atoms with E-state index in [1.165, 1.54) is 5.56 Å². The minimum atomic E-state index is -0.146. The molecule has 0 bridgehead atoms. The lowest BCUT2D eigenvalue weighted by Crippen LogP contribution is -2.40. The van der Waals surface area contributed by atoms with Crippen LogP contribution in [-0.2, 0) is 11.2 Å². The number of halogens is 1. The van der Waals surface area contributed by atoms with Crippen LogP contribution in [0.15, 0.2) is 23.2 Å². The molecule has 0 aromatic heterocycles. The van der Waals surface area contributed by atoms with E-state index in [0.29, 0.717) is 6.61 Å². The number of hydrogen-bond donors (Lipinski definition) is 3. The number of carbonyl (C=O) groups excluding carboxylic acids is 1. The Kier molecular flexibility index (Phi) is 14.9. The highest BCUT2D eigenvalue weighted by molar-refractivity contribution is 14.0. The van der Waals surface area contributed by atoms with Crippen molar-refractivity contribution in [3.63, 3.8) is 0 Å². The van der Waals surface area contributed by atoms with Crippen molar-refractivity contribution in [3.05, 3.63) is 23.8 Å². The Morgan fingerprint density at radius 1 is 1.15 bits per heavy atom. The van der Waals surface area contributed by atoms with E-state index < -0.39 is 0 Å². The Morgan fingerprint density at radius 2 is 1.85 bits per heavy atom. The first-order valence-electron chi connectivity index (χ1n) is 11.8. The van der Waals surface area contributed by atoms with Crippen LogP contribution in [0.5, 0.6) is 11.5 Å². The van der Waals surface area contributed by atoms with Crippen LogP contribution in [0.3, 0.4) is 0 Å². The van der Waals surface area contributed by atoms with E-state index in [0.717, 1.165) is 88.7 Å². The van der Waals surface area contributed by atoms with Gasteiger partial charge in [-0.1, -0.05) is 6.07 Å². The topological polar surface area (TPSA) is 101 Å². The number of nitrogens with zero attached hydrogens (tertiary/aromatic N) is 2. The lowest BCUT2D eigenvalue weighted by molar-refractivity contribution is -0.123. The average molecular weight is 576 g/mol. The molecular weight excluding hydrogens is 533 g/mol. The second-order valence-corrected chi connectivity index (χ2v) is 8.17. The highest BCUT2D eigenvalue weighted by Gasteiger charge is 2.22. The minimum absolute atomic E-state index is 0. The van der Waals surface area contributed by atoms with Gasteiger partial charge in [-0.2, -0.15) is 0 Å². The largest absolute Gasteiger partial charge is 0.493 e. The van der Waals surface area contributed by atoms with Gasteiger partial charge < -0.3 is 30.7 Å². The fourth-order valence-corrected chi connectivity index (χ4v) is 3.97. The number of amides is 1. The highest BCUT2D eigenvalue weighted by Crippen LogP contribution is 2.28. The SMILES string of the molecule is CCOc1cc(CCCNC(=NC)NCCCCN2CCC(C(N)=O)CC2)ccc1OC.I. The number of hydrogen-bond acceptors (Lipinski definition) is 5. The first-order chi connectivity index (χ1) is 15.6. The van der Waals surface area contributed by atoms with Crippen molar-refractivity contribution in [2.45, 2.75) is 45.4 Å². The minimum Gasteiger partial charge on any atom is -0.493 e. The van der Waals surface area contributed by atoms with E-state index >= 15 is 0 Å². The number of nitrogens with two attached hydrogens (primary N) is 1. The zero-order chi connectivity index (χ0) is 23.2. The van der Waals surface area contributed by atoms with Crippen LogP contribution in [0.4, 0.5) is 0 Å². The summed E-state index contributed by atoms with van der Waals surface area (Å²) in [7, 11) is 3.46. The molecule has 4 N–H and O–H groups in total. The van der Waals surface area contributed by atoms with Gasteiger partial charge in [-0.25, -0.2) is 0 Å². The summed E-state index contributed by atoms with van der Waals surface area (Å²) < 4.78 is 11.0. The van der Waals surface area contributed by atoms with Crippen molar-refractivity contribution in [1.82, 2.24) is 15.5 Å². The number of aliphatic imine (C=N–C) groups is 1. The molecule has 9 heteroatoms. The number of ether oxygens (including phenoxy) is 2. The van der Waals surface area contributed by atoms with Crippen molar-refractivity contribution in [1.29, 1.82) is 0 Å². The van der Waals surface area contributed by atoms with Crippen molar-refractivity contribution in [2.75, 3.05) is 53.5 Å². The number of likely N-dealkylation sites (tertiary alicyclic amines) is 1. The quantitative estimate of drug-likeness (QED) is 0.145. The van der Waals surface area contributed by atoms with E-state index in [1.54, 1.807) is 14.2 Å². The van der Waals surface area contributed by atoms with Gasteiger partial charge in [0, 0.05) is 26.1 Å². The second-order valence-electron chi connectivity index (χ2n) is 8.17. The number of nitrogens with one attached hydrogen (secondary N) is 2. The third-order valence-electron chi connectivity index (χ3n) is 5.87. The van der Waals surface area contributed by atoms with Gasteiger partial charge in [0.25, 0.3) is 0 Å². The standard InChI is InChI=1S/C24H41N5O3.HI/c1-4-32-22-18-19(9-10-21(22)31-3)8-7-14-28-24(26-2)27-13-5-6-15-29-16-11-20(12-17-29)23(25)30;/h9-10,18,20H,4-8,11-17H2,1-3H3,(H2,25,30)(H2,26,27,28);1H. The van der Waals surface area contributed by atoms with Gasteiger partial charge in [-0.15, -0.1) is 24.0 Å². The van der Waals surface area contributed by atoms with Crippen molar-refractivity contribution < 1.29 is 14.3 Å². The fraction of sp³-hybridized carbons (Fsp3) is 0.667. The van der Waals surface area contributed by atoms with Crippen LogP contribution in [0, 0.1) is 5.92 Å². The number of rotatable bonds is 13. The molecule has 8 nitrogen and oxygen atoms in total. The summed E-state index contributed by atoms with van der Waals surface area (Å²) in [6.07, 6.45) is 5.97. The third kappa shape index (κ3) is 10.8. The number of benzene rings is 1. The molecule has 1 heterocycles. The molecule has 1 aromatic rings. The molecule has 2 rings (SSSR count). The number of guanidine groups is 1. The lowest BCUT2D eigenvalue weighted by atomic mass is 9.96. The van der Waals surface area contributed by atoms with Crippen LogP contribution in [0.2, 0.25) is 0 Å². The van der Waals surface area contributed by atoms with E-state index in [-0.39, 0.29) is 35.8 Å². The van der Waals surface area contributed by atoms with Crippen LogP contribution in [-0.4, -0.2) is 70.3 Å². The summed E-state index contributed by atoms with van der Waals surface area (Å²) in [6, 6.07) is 6.12. The van der Waals surface area contributed by atoms with Gasteiger partial charge in [0.2, 0.25) is 5.91 Å². The Balaban J connectivity index is 0.00000544. The molecular formula is C24H42IN5O3. The molecule has 0 saturated carbocycles. The molecule has 0 unspecified atom stereocenters. The molecule has 33 heavy (non-hydrogen) atoms. The summed E-state index contributed by atoms with van der Waals surface area (Å²) >= 11 is 0. The number of piperidine rings is 1. The van der Waals surface area contributed by atoms with Crippen LogP contribution < -0.4 is 25.8 Å². The summed E-state index contributed by atoms with van der Waals surface area (Å²) in [5.74, 6) is 2.34. The van der Waals surface area contributed by atoms with E-state index in [2.05, 4.69) is 32.7 Å². The first kappa shape index (κ1) is 29.3. The molecule has 1 aromatic carbocycles. The van der Waals surface area contributed by atoms with Gasteiger partial charge in [-0.05, 0) is 82.8 Å². The molecule has 0 radical (unpaired) electrons. The predicted octanol–water partition coefficient (Wildman–Crippen LogP) is 2.79. The van der Waals surface area contributed by atoms with Gasteiger partial charge in [0.15, 0.2) is 17.5 Å². The fourth-order valence-electron chi connectivity index (χ4n) is 3.97. The molecule has 0 aliphatic carbocycles. The second kappa shape index (κ2) is 16.8.